The minimum absolute atomic E-state index is 0.321. The normalized spacial score (nSPS) is 21.1. The van der Waals surface area contributed by atoms with Crippen molar-refractivity contribution in [2.24, 2.45) is 5.92 Å². The molecule has 0 aliphatic carbocycles. The number of benzene rings is 1. The minimum Gasteiger partial charge on any atom is -0.376 e. The lowest BCUT2D eigenvalue weighted by molar-refractivity contribution is 0.120. The van der Waals surface area contributed by atoms with Gasteiger partial charge in [0.25, 0.3) is 0 Å². The Morgan fingerprint density at radius 3 is 2.69 bits per heavy atom. The van der Waals surface area contributed by atoms with Crippen LogP contribution in [0.1, 0.15) is 31.2 Å². The van der Waals surface area contributed by atoms with Gasteiger partial charge in [-0.1, -0.05) is 30.3 Å². The summed E-state index contributed by atoms with van der Waals surface area (Å²) in [5, 5.41) is 3.40. The summed E-state index contributed by atoms with van der Waals surface area (Å²) in [6.07, 6.45) is 8.06. The lowest BCUT2D eigenvalue weighted by Crippen LogP contribution is -2.35. The maximum Gasteiger partial charge on any atom is 0.227 e. The van der Waals surface area contributed by atoms with Gasteiger partial charge in [-0.2, -0.15) is 4.98 Å². The first-order valence-corrected chi connectivity index (χ1v) is 9.84. The monoisotopic (exact) mass is 352 g/mol. The lowest BCUT2D eigenvalue weighted by atomic mass is 9.90. The van der Waals surface area contributed by atoms with Gasteiger partial charge in [-0.25, -0.2) is 4.98 Å². The summed E-state index contributed by atoms with van der Waals surface area (Å²) in [6.45, 7) is 3.79. The number of nitrogens with one attached hydrogen (secondary N) is 1. The Morgan fingerprint density at radius 1 is 1.08 bits per heavy atom. The molecule has 2 fully saturated rings. The number of piperidine rings is 1. The Labute approximate surface area is 155 Å². The standard InChI is InChI=1S/C21H28N4O/c1-2-5-17(6-3-1)15-18-9-12-25(13-10-18)21-22-11-8-20(24-21)23-16-19-7-4-14-26-19/h1-3,5-6,8,11,18-19H,4,7,9-10,12-16H2,(H,22,23,24). The Balaban J connectivity index is 1.29. The molecule has 0 saturated carbocycles. The topological polar surface area (TPSA) is 50.3 Å². The SMILES string of the molecule is c1ccc(CC2CCN(c3nccc(NCC4CCCO4)n3)CC2)cc1. The molecular formula is C21H28N4O. The molecular weight excluding hydrogens is 324 g/mol. The second-order valence-electron chi connectivity index (χ2n) is 7.38. The fourth-order valence-corrected chi connectivity index (χ4v) is 3.91. The van der Waals surface area contributed by atoms with Gasteiger partial charge in [0.1, 0.15) is 5.82 Å². The molecule has 2 aliphatic heterocycles. The van der Waals surface area contributed by atoms with E-state index < -0.39 is 0 Å². The highest BCUT2D eigenvalue weighted by atomic mass is 16.5. The van der Waals surface area contributed by atoms with E-state index in [1.807, 2.05) is 12.3 Å². The van der Waals surface area contributed by atoms with Crippen LogP contribution >= 0.6 is 0 Å². The second kappa shape index (κ2) is 8.49. The smallest absolute Gasteiger partial charge is 0.227 e. The molecule has 2 aliphatic rings. The van der Waals surface area contributed by atoms with Gasteiger partial charge < -0.3 is 15.0 Å². The molecule has 1 unspecified atom stereocenters. The van der Waals surface area contributed by atoms with Gasteiger partial charge in [0.2, 0.25) is 5.95 Å². The van der Waals surface area contributed by atoms with Gasteiger partial charge in [-0.15, -0.1) is 0 Å². The number of anilines is 2. The molecule has 5 heteroatoms. The van der Waals surface area contributed by atoms with Gasteiger partial charge in [-0.05, 0) is 49.7 Å². The maximum atomic E-state index is 5.67. The fraction of sp³-hybridized carbons (Fsp3) is 0.524. The van der Waals surface area contributed by atoms with Gasteiger partial charge in [0, 0.05) is 32.4 Å². The Morgan fingerprint density at radius 2 is 1.92 bits per heavy atom. The lowest BCUT2D eigenvalue weighted by Gasteiger charge is -2.32. The molecule has 138 valence electrons. The number of hydrogen-bond donors (Lipinski definition) is 1. The average Bonchev–Trinajstić information content (AvgIpc) is 3.22. The number of nitrogens with zero attached hydrogens (tertiary/aromatic N) is 3. The van der Waals surface area contributed by atoms with Crippen molar-refractivity contribution in [2.45, 2.75) is 38.2 Å². The molecule has 0 bridgehead atoms. The van der Waals surface area contributed by atoms with Crippen LogP contribution in [0.25, 0.3) is 0 Å². The first-order valence-electron chi connectivity index (χ1n) is 9.84. The first kappa shape index (κ1) is 17.3. The van der Waals surface area contributed by atoms with Crippen molar-refractivity contribution in [1.29, 1.82) is 0 Å². The van der Waals surface area contributed by atoms with Crippen LogP contribution in [0.5, 0.6) is 0 Å². The third-order valence-electron chi connectivity index (χ3n) is 5.44. The summed E-state index contributed by atoms with van der Waals surface area (Å²) in [4.78, 5) is 11.5. The minimum atomic E-state index is 0.321. The largest absolute Gasteiger partial charge is 0.376 e. The van der Waals surface area contributed by atoms with E-state index in [0.717, 1.165) is 50.3 Å². The zero-order chi connectivity index (χ0) is 17.6. The highest BCUT2D eigenvalue weighted by Crippen LogP contribution is 2.24. The zero-order valence-corrected chi connectivity index (χ0v) is 15.3. The van der Waals surface area contributed by atoms with Gasteiger partial charge in [-0.3, -0.25) is 0 Å². The molecule has 1 atom stereocenters. The van der Waals surface area contributed by atoms with E-state index in [2.05, 4.69) is 45.5 Å². The predicted octanol–water partition coefficient (Wildman–Crippen LogP) is 3.53. The van der Waals surface area contributed by atoms with Crippen molar-refractivity contribution in [2.75, 3.05) is 36.5 Å². The van der Waals surface area contributed by atoms with E-state index in [1.54, 1.807) is 0 Å². The Hall–Kier alpha value is -2.14. The van der Waals surface area contributed by atoms with Crippen LogP contribution in [0.2, 0.25) is 0 Å². The van der Waals surface area contributed by atoms with Crippen molar-refractivity contribution in [3.8, 4) is 0 Å². The molecule has 1 N–H and O–H groups in total. The van der Waals surface area contributed by atoms with Gasteiger partial charge in [0.05, 0.1) is 6.10 Å². The highest BCUT2D eigenvalue weighted by molar-refractivity contribution is 5.41. The van der Waals surface area contributed by atoms with Crippen LogP contribution in [0.3, 0.4) is 0 Å². The van der Waals surface area contributed by atoms with E-state index in [4.69, 9.17) is 9.72 Å². The summed E-state index contributed by atoms with van der Waals surface area (Å²) in [6, 6.07) is 12.8. The van der Waals surface area contributed by atoms with Crippen LogP contribution in [0, 0.1) is 5.92 Å². The molecule has 0 spiro atoms. The fourth-order valence-electron chi connectivity index (χ4n) is 3.91. The quantitative estimate of drug-likeness (QED) is 0.862. The van der Waals surface area contributed by atoms with Crippen LogP contribution in [-0.2, 0) is 11.2 Å². The van der Waals surface area contributed by atoms with E-state index in [0.29, 0.717) is 6.10 Å². The van der Waals surface area contributed by atoms with Crippen LogP contribution in [0.15, 0.2) is 42.6 Å². The summed E-state index contributed by atoms with van der Waals surface area (Å²) in [5.41, 5.74) is 1.45. The number of hydrogen-bond acceptors (Lipinski definition) is 5. The van der Waals surface area contributed by atoms with Crippen molar-refractivity contribution >= 4 is 11.8 Å². The number of rotatable bonds is 6. The molecule has 5 nitrogen and oxygen atoms in total. The zero-order valence-electron chi connectivity index (χ0n) is 15.3. The summed E-state index contributed by atoms with van der Waals surface area (Å²) in [7, 11) is 0. The molecule has 1 aromatic heterocycles. The van der Waals surface area contributed by atoms with E-state index in [1.165, 1.54) is 31.2 Å². The predicted molar refractivity (Wildman–Crippen MR) is 105 cm³/mol. The van der Waals surface area contributed by atoms with Crippen LogP contribution in [0.4, 0.5) is 11.8 Å². The van der Waals surface area contributed by atoms with Crippen molar-refractivity contribution in [3.63, 3.8) is 0 Å². The summed E-state index contributed by atoms with van der Waals surface area (Å²) < 4.78 is 5.67. The Kier molecular flexibility index (Phi) is 5.65. The number of aromatic nitrogens is 2. The van der Waals surface area contributed by atoms with Crippen LogP contribution < -0.4 is 10.2 Å². The summed E-state index contributed by atoms with van der Waals surface area (Å²) >= 11 is 0. The highest BCUT2D eigenvalue weighted by Gasteiger charge is 2.21. The van der Waals surface area contributed by atoms with Crippen molar-refractivity contribution in [3.05, 3.63) is 48.2 Å². The average molecular weight is 352 g/mol. The van der Waals surface area contributed by atoms with E-state index >= 15 is 0 Å². The van der Waals surface area contributed by atoms with E-state index in [9.17, 15) is 0 Å². The second-order valence-corrected chi connectivity index (χ2v) is 7.38. The molecule has 0 amide bonds. The molecule has 4 rings (SSSR count). The molecule has 3 heterocycles. The summed E-state index contributed by atoms with van der Waals surface area (Å²) in [5.74, 6) is 2.51. The van der Waals surface area contributed by atoms with Gasteiger partial charge >= 0.3 is 0 Å². The first-order chi connectivity index (χ1) is 12.9. The van der Waals surface area contributed by atoms with Crippen LogP contribution in [-0.4, -0.2) is 42.3 Å². The molecule has 1 aromatic carbocycles. The molecule has 26 heavy (non-hydrogen) atoms. The van der Waals surface area contributed by atoms with E-state index in [-0.39, 0.29) is 0 Å². The third-order valence-corrected chi connectivity index (χ3v) is 5.44. The van der Waals surface area contributed by atoms with Crippen molar-refractivity contribution < 1.29 is 4.74 Å². The third kappa shape index (κ3) is 4.52. The maximum absolute atomic E-state index is 5.67. The van der Waals surface area contributed by atoms with Crippen molar-refractivity contribution in [1.82, 2.24) is 9.97 Å². The Bertz CT molecular complexity index is 679. The molecule has 2 aromatic rings. The molecule has 0 radical (unpaired) electrons. The van der Waals surface area contributed by atoms with Gasteiger partial charge in [0.15, 0.2) is 0 Å². The molecule has 2 saturated heterocycles. The number of ether oxygens (including phenoxy) is 1.